The van der Waals surface area contributed by atoms with Crippen LogP contribution in [0.2, 0.25) is 0 Å². The van der Waals surface area contributed by atoms with E-state index in [4.69, 9.17) is 5.73 Å². The Bertz CT molecular complexity index is 439. The van der Waals surface area contributed by atoms with Crippen molar-refractivity contribution in [2.45, 2.75) is 44.9 Å². The molecule has 2 N–H and O–H groups in total. The Morgan fingerprint density at radius 1 is 1.21 bits per heavy atom. The van der Waals surface area contributed by atoms with E-state index >= 15 is 0 Å². The van der Waals surface area contributed by atoms with Gasteiger partial charge in [0.05, 0.1) is 0 Å². The molecule has 1 aromatic carbocycles. The number of carbonyl (C=O) groups excluding carboxylic acids is 1. The normalized spacial score (nSPS) is 23.6. The molecular formula is C17H23NO. The highest BCUT2D eigenvalue weighted by atomic mass is 16.1. The fraction of sp³-hybridized carbons (Fsp3) is 0.471. The van der Waals surface area contributed by atoms with E-state index in [1.54, 1.807) is 6.08 Å². The number of benzene rings is 1. The van der Waals surface area contributed by atoms with Crippen molar-refractivity contribution in [2.75, 3.05) is 0 Å². The van der Waals surface area contributed by atoms with E-state index in [1.165, 1.54) is 43.7 Å². The molecule has 1 fully saturated rings. The van der Waals surface area contributed by atoms with Gasteiger partial charge in [-0.05, 0) is 54.7 Å². The van der Waals surface area contributed by atoms with Gasteiger partial charge in [0.1, 0.15) is 0 Å². The molecule has 0 aliphatic heterocycles. The van der Waals surface area contributed by atoms with E-state index < -0.39 is 5.91 Å². The Morgan fingerprint density at radius 3 is 2.37 bits per heavy atom. The van der Waals surface area contributed by atoms with Crippen LogP contribution in [0.5, 0.6) is 0 Å². The molecule has 0 bridgehead atoms. The summed E-state index contributed by atoms with van der Waals surface area (Å²) in [5, 5.41) is 0. The monoisotopic (exact) mass is 257 g/mol. The van der Waals surface area contributed by atoms with Gasteiger partial charge in [-0.1, -0.05) is 37.6 Å². The molecule has 0 unspecified atom stereocenters. The van der Waals surface area contributed by atoms with Crippen LogP contribution < -0.4 is 5.73 Å². The molecule has 1 aliphatic carbocycles. The molecule has 0 spiro atoms. The lowest BCUT2D eigenvalue weighted by Crippen LogP contribution is -2.12. The number of carbonyl (C=O) groups is 1. The zero-order valence-corrected chi connectivity index (χ0v) is 11.6. The van der Waals surface area contributed by atoms with Crippen LogP contribution in [0, 0.1) is 5.92 Å². The van der Waals surface area contributed by atoms with Gasteiger partial charge >= 0.3 is 0 Å². The lowest BCUT2D eigenvalue weighted by molar-refractivity contribution is -0.113. The van der Waals surface area contributed by atoms with E-state index in [1.807, 2.05) is 0 Å². The van der Waals surface area contributed by atoms with Gasteiger partial charge in [0.2, 0.25) is 5.91 Å². The maximum absolute atomic E-state index is 10.7. The van der Waals surface area contributed by atoms with E-state index in [9.17, 15) is 4.79 Å². The van der Waals surface area contributed by atoms with E-state index in [2.05, 4.69) is 31.2 Å². The van der Waals surface area contributed by atoms with Crippen LogP contribution >= 0.6 is 0 Å². The average molecular weight is 257 g/mol. The number of hydrogen-bond acceptors (Lipinski definition) is 1. The van der Waals surface area contributed by atoms with Crippen LogP contribution in [-0.4, -0.2) is 5.91 Å². The second-order valence-corrected chi connectivity index (χ2v) is 5.53. The number of amides is 1. The molecule has 1 aliphatic rings. The molecule has 2 nitrogen and oxygen atoms in total. The predicted molar refractivity (Wildman–Crippen MR) is 79.7 cm³/mol. The van der Waals surface area contributed by atoms with Crippen molar-refractivity contribution in [3.05, 3.63) is 41.5 Å². The van der Waals surface area contributed by atoms with Crippen molar-refractivity contribution in [2.24, 2.45) is 11.7 Å². The highest BCUT2D eigenvalue weighted by Crippen LogP contribution is 2.36. The van der Waals surface area contributed by atoms with Crippen molar-refractivity contribution >= 4 is 12.0 Å². The number of primary amides is 1. The summed E-state index contributed by atoms with van der Waals surface area (Å²) in [6.07, 6.45) is 9.85. The zero-order chi connectivity index (χ0) is 13.7. The molecule has 2 heteroatoms. The second-order valence-electron chi connectivity index (χ2n) is 5.53. The molecule has 102 valence electrons. The van der Waals surface area contributed by atoms with E-state index in [-0.39, 0.29) is 0 Å². The molecule has 1 saturated carbocycles. The fourth-order valence-electron chi connectivity index (χ4n) is 2.96. The molecule has 0 saturated heterocycles. The van der Waals surface area contributed by atoms with Crippen LogP contribution in [0.15, 0.2) is 30.3 Å². The summed E-state index contributed by atoms with van der Waals surface area (Å²) in [4.78, 5) is 10.7. The summed E-state index contributed by atoms with van der Waals surface area (Å²) in [6.45, 7) is 2.30. The van der Waals surface area contributed by atoms with Gasteiger partial charge in [-0.25, -0.2) is 0 Å². The number of nitrogens with two attached hydrogens (primary N) is 1. The molecule has 19 heavy (non-hydrogen) atoms. The third-order valence-electron chi connectivity index (χ3n) is 4.27. The quantitative estimate of drug-likeness (QED) is 0.817. The van der Waals surface area contributed by atoms with Crippen molar-refractivity contribution < 1.29 is 4.79 Å². The Labute approximate surface area is 115 Å². The molecule has 1 aromatic rings. The third-order valence-corrected chi connectivity index (χ3v) is 4.27. The average Bonchev–Trinajstić information content (AvgIpc) is 2.46. The molecule has 0 atom stereocenters. The maximum Gasteiger partial charge on any atom is 0.241 e. The van der Waals surface area contributed by atoms with Crippen molar-refractivity contribution in [3.63, 3.8) is 0 Å². The molecule has 2 rings (SSSR count). The minimum Gasteiger partial charge on any atom is -0.366 e. The van der Waals surface area contributed by atoms with E-state index in [0.29, 0.717) is 0 Å². The van der Waals surface area contributed by atoms with Crippen LogP contribution in [0.3, 0.4) is 0 Å². The first kappa shape index (κ1) is 13.9. The van der Waals surface area contributed by atoms with Crippen LogP contribution in [-0.2, 0) is 4.79 Å². The predicted octanol–water partition coefficient (Wildman–Crippen LogP) is 3.87. The van der Waals surface area contributed by atoms with Crippen LogP contribution in [0.25, 0.3) is 6.08 Å². The SMILES string of the molecule is CC[C@H]1CC[C@H](c2ccc(C=CC(N)=O)cc2)CC1. The topological polar surface area (TPSA) is 43.1 Å². The largest absolute Gasteiger partial charge is 0.366 e. The minimum atomic E-state index is -0.401. The summed E-state index contributed by atoms with van der Waals surface area (Å²) in [5.41, 5.74) is 7.56. The first-order valence-corrected chi connectivity index (χ1v) is 7.26. The maximum atomic E-state index is 10.7. The fourth-order valence-corrected chi connectivity index (χ4v) is 2.96. The molecular weight excluding hydrogens is 234 g/mol. The lowest BCUT2D eigenvalue weighted by Gasteiger charge is -2.28. The first-order chi connectivity index (χ1) is 9.19. The highest BCUT2D eigenvalue weighted by Gasteiger charge is 2.20. The second kappa shape index (κ2) is 6.55. The lowest BCUT2D eigenvalue weighted by atomic mass is 9.78. The Balaban J connectivity index is 1.97. The first-order valence-electron chi connectivity index (χ1n) is 7.26. The van der Waals surface area contributed by atoms with Gasteiger partial charge in [-0.3, -0.25) is 4.79 Å². The number of hydrogen-bond donors (Lipinski definition) is 1. The highest BCUT2D eigenvalue weighted by molar-refractivity contribution is 5.90. The van der Waals surface area contributed by atoms with Gasteiger partial charge < -0.3 is 5.73 Å². The van der Waals surface area contributed by atoms with Crippen molar-refractivity contribution in [1.82, 2.24) is 0 Å². The smallest absolute Gasteiger partial charge is 0.241 e. The summed E-state index contributed by atoms with van der Waals surface area (Å²) >= 11 is 0. The van der Waals surface area contributed by atoms with Crippen molar-refractivity contribution in [3.8, 4) is 0 Å². The van der Waals surface area contributed by atoms with Crippen LogP contribution in [0.1, 0.15) is 56.1 Å². The Kier molecular flexibility index (Phi) is 4.78. The van der Waals surface area contributed by atoms with Gasteiger partial charge in [0.25, 0.3) is 0 Å². The van der Waals surface area contributed by atoms with Gasteiger partial charge in [-0.2, -0.15) is 0 Å². The van der Waals surface area contributed by atoms with Crippen LogP contribution in [0.4, 0.5) is 0 Å². The van der Waals surface area contributed by atoms with Crippen molar-refractivity contribution in [1.29, 1.82) is 0 Å². The molecule has 0 aromatic heterocycles. The molecule has 1 amide bonds. The third kappa shape index (κ3) is 3.95. The molecule has 0 heterocycles. The van der Waals surface area contributed by atoms with E-state index in [0.717, 1.165) is 17.4 Å². The minimum absolute atomic E-state index is 0.401. The van der Waals surface area contributed by atoms with Gasteiger partial charge in [0.15, 0.2) is 0 Å². The van der Waals surface area contributed by atoms with Gasteiger partial charge in [0, 0.05) is 6.08 Å². The summed E-state index contributed by atoms with van der Waals surface area (Å²) in [6, 6.07) is 8.52. The molecule has 0 radical (unpaired) electrons. The number of rotatable bonds is 4. The Hall–Kier alpha value is -1.57. The summed E-state index contributed by atoms with van der Waals surface area (Å²) in [5.74, 6) is 1.26. The standard InChI is InChI=1S/C17H23NO/c1-2-13-3-8-15(9-4-13)16-10-5-14(6-11-16)7-12-17(18)19/h5-7,10-13,15H,2-4,8-9H2,1H3,(H2,18,19)/t13-,15-. The Morgan fingerprint density at radius 2 is 1.84 bits per heavy atom. The summed E-state index contributed by atoms with van der Waals surface area (Å²) in [7, 11) is 0. The van der Waals surface area contributed by atoms with Gasteiger partial charge in [-0.15, -0.1) is 0 Å². The summed E-state index contributed by atoms with van der Waals surface area (Å²) < 4.78 is 0. The zero-order valence-electron chi connectivity index (χ0n) is 11.6.